The van der Waals surface area contributed by atoms with Crippen molar-refractivity contribution in [2.24, 2.45) is 0 Å². The van der Waals surface area contributed by atoms with Crippen molar-refractivity contribution in [3.05, 3.63) is 71.8 Å². The van der Waals surface area contributed by atoms with Crippen LogP contribution < -0.4 is 9.47 Å². The molecule has 0 saturated heterocycles. The average Bonchev–Trinajstić information content (AvgIpc) is 2.99. The number of unbranched alkanes of at least 4 members (excludes halogenated alkanes) is 12. The average molecular weight is 563 g/mol. The zero-order valence-corrected chi connectivity index (χ0v) is 25.0. The number of carbonyl (C=O) groups is 1. The van der Waals surface area contributed by atoms with Gasteiger partial charge in [0.15, 0.2) is 11.6 Å². The van der Waals surface area contributed by atoms with Crippen LogP contribution in [0.1, 0.15) is 120 Å². The predicted octanol–water partition coefficient (Wildman–Crippen LogP) is 9.92. The van der Waals surface area contributed by atoms with Crippen LogP contribution in [0.5, 0.6) is 11.5 Å². The van der Waals surface area contributed by atoms with E-state index < -0.39 is 11.8 Å². The minimum Gasteiger partial charge on any atom is -0.493 e. The number of esters is 1. The number of benzene rings is 2. The van der Waals surface area contributed by atoms with Gasteiger partial charge in [-0.1, -0.05) is 115 Å². The molecule has 0 saturated carbocycles. The fourth-order valence-corrected chi connectivity index (χ4v) is 4.79. The Kier molecular flexibility index (Phi) is 14.9. The van der Waals surface area contributed by atoms with Gasteiger partial charge in [-0.25, -0.2) is 19.2 Å². The van der Waals surface area contributed by atoms with E-state index in [0.717, 1.165) is 24.8 Å². The summed E-state index contributed by atoms with van der Waals surface area (Å²) in [5, 5.41) is 0. The molecule has 5 nitrogen and oxygen atoms in total. The number of halogens is 1. The summed E-state index contributed by atoms with van der Waals surface area (Å²) in [6.45, 7) is 4.99. The Hall–Kier alpha value is -3.28. The van der Waals surface area contributed by atoms with Gasteiger partial charge in [-0.05, 0) is 37.0 Å². The number of nitrogens with zero attached hydrogens (tertiary/aromatic N) is 2. The second-order valence-corrected chi connectivity index (χ2v) is 10.8. The van der Waals surface area contributed by atoms with Crippen LogP contribution >= 0.6 is 0 Å². The van der Waals surface area contributed by atoms with Crippen molar-refractivity contribution in [2.45, 2.75) is 110 Å². The van der Waals surface area contributed by atoms with E-state index in [1.807, 2.05) is 12.1 Å². The first-order valence-corrected chi connectivity index (χ1v) is 15.7. The second-order valence-electron chi connectivity index (χ2n) is 10.8. The summed E-state index contributed by atoms with van der Waals surface area (Å²) in [4.78, 5) is 21.2. The standard InChI is InChI=1S/C35H47FN2O3/c1-3-5-7-9-11-12-14-16-24-40-30-22-23-32(33(36)25-30)35(39)41-31-26-37-34(38-27-31)29-20-18-28(19-21-29)17-15-13-10-8-6-4-2/h18-23,25-27H,3-17,24H2,1-2H3. The highest BCUT2D eigenvalue weighted by Crippen LogP contribution is 2.22. The number of aromatic nitrogens is 2. The molecule has 0 unspecified atom stereocenters. The largest absolute Gasteiger partial charge is 0.493 e. The van der Waals surface area contributed by atoms with Crippen molar-refractivity contribution in [3.63, 3.8) is 0 Å². The van der Waals surface area contributed by atoms with Gasteiger partial charge in [0.25, 0.3) is 0 Å². The zero-order chi connectivity index (χ0) is 29.1. The van der Waals surface area contributed by atoms with Crippen LogP contribution in [0, 0.1) is 5.82 Å². The van der Waals surface area contributed by atoms with Crippen molar-refractivity contribution in [3.8, 4) is 22.9 Å². The molecule has 2 aromatic carbocycles. The summed E-state index contributed by atoms with van der Waals surface area (Å²) in [7, 11) is 0. The topological polar surface area (TPSA) is 61.3 Å². The maximum absolute atomic E-state index is 14.6. The van der Waals surface area contributed by atoms with Crippen LogP contribution in [0.3, 0.4) is 0 Å². The van der Waals surface area contributed by atoms with Crippen molar-refractivity contribution >= 4 is 5.97 Å². The van der Waals surface area contributed by atoms with Gasteiger partial charge in [-0.3, -0.25) is 0 Å². The molecule has 0 fully saturated rings. The van der Waals surface area contributed by atoms with Crippen molar-refractivity contribution in [1.29, 1.82) is 0 Å². The van der Waals surface area contributed by atoms with Crippen LogP contribution in [0.25, 0.3) is 11.4 Å². The van der Waals surface area contributed by atoms with Gasteiger partial charge in [0.05, 0.1) is 24.6 Å². The summed E-state index contributed by atoms with van der Waals surface area (Å²) in [6.07, 6.45) is 21.3. The number of aryl methyl sites for hydroxylation is 1. The van der Waals surface area contributed by atoms with Gasteiger partial charge in [-0.2, -0.15) is 0 Å². The molecule has 0 aliphatic rings. The third-order valence-electron chi connectivity index (χ3n) is 7.30. The van der Waals surface area contributed by atoms with E-state index in [4.69, 9.17) is 9.47 Å². The number of hydrogen-bond donors (Lipinski definition) is 0. The Balaban J connectivity index is 1.41. The van der Waals surface area contributed by atoms with Crippen molar-refractivity contribution < 1.29 is 18.7 Å². The molecule has 0 amide bonds. The normalized spacial score (nSPS) is 11.0. The van der Waals surface area contributed by atoms with E-state index in [1.165, 1.54) is 107 Å². The third-order valence-corrected chi connectivity index (χ3v) is 7.30. The van der Waals surface area contributed by atoms with Crippen LogP contribution in [-0.2, 0) is 6.42 Å². The first-order valence-electron chi connectivity index (χ1n) is 15.7. The Morgan fingerprint density at radius 2 is 1.29 bits per heavy atom. The molecule has 1 heterocycles. The van der Waals surface area contributed by atoms with Crippen LogP contribution in [-0.4, -0.2) is 22.5 Å². The number of hydrogen-bond acceptors (Lipinski definition) is 5. The molecular weight excluding hydrogens is 515 g/mol. The van der Waals surface area contributed by atoms with Gasteiger partial charge in [0, 0.05) is 11.6 Å². The Labute approximate surface area is 245 Å². The first-order chi connectivity index (χ1) is 20.1. The van der Waals surface area contributed by atoms with Crippen molar-refractivity contribution in [2.75, 3.05) is 6.61 Å². The van der Waals surface area contributed by atoms with Crippen LogP contribution in [0.4, 0.5) is 4.39 Å². The lowest BCUT2D eigenvalue weighted by Crippen LogP contribution is -2.11. The molecule has 0 radical (unpaired) electrons. The summed E-state index contributed by atoms with van der Waals surface area (Å²) in [5.74, 6) is -0.366. The lowest BCUT2D eigenvalue weighted by molar-refractivity contribution is 0.0728. The molecule has 0 aliphatic heterocycles. The van der Waals surface area contributed by atoms with Gasteiger partial charge in [0.2, 0.25) is 0 Å². The quantitative estimate of drug-likeness (QED) is 0.101. The van der Waals surface area contributed by atoms with E-state index in [0.29, 0.717) is 18.2 Å². The maximum Gasteiger partial charge on any atom is 0.346 e. The molecule has 3 aromatic rings. The molecule has 0 aliphatic carbocycles. The van der Waals surface area contributed by atoms with Gasteiger partial charge >= 0.3 is 5.97 Å². The van der Waals surface area contributed by atoms with E-state index in [-0.39, 0.29) is 11.3 Å². The molecule has 0 spiro atoms. The lowest BCUT2D eigenvalue weighted by atomic mass is 10.0. The highest BCUT2D eigenvalue weighted by Gasteiger charge is 2.16. The lowest BCUT2D eigenvalue weighted by Gasteiger charge is -2.09. The molecule has 6 heteroatoms. The summed E-state index contributed by atoms with van der Waals surface area (Å²) in [6, 6.07) is 12.5. The SMILES string of the molecule is CCCCCCCCCCOc1ccc(C(=O)Oc2cnc(-c3ccc(CCCCCCCC)cc3)nc2)c(F)c1. The van der Waals surface area contributed by atoms with Crippen LogP contribution in [0.15, 0.2) is 54.9 Å². The second kappa shape index (κ2) is 19.0. The minimum absolute atomic E-state index is 0.158. The predicted molar refractivity (Wildman–Crippen MR) is 164 cm³/mol. The maximum atomic E-state index is 14.6. The zero-order valence-electron chi connectivity index (χ0n) is 25.0. The molecule has 1 aromatic heterocycles. The number of ether oxygens (including phenoxy) is 2. The van der Waals surface area contributed by atoms with E-state index >= 15 is 0 Å². The molecular formula is C35H47FN2O3. The molecule has 3 rings (SSSR count). The fraction of sp³-hybridized carbons (Fsp3) is 0.514. The van der Waals surface area contributed by atoms with Gasteiger partial charge < -0.3 is 9.47 Å². The first kappa shape index (κ1) is 32.2. The molecule has 0 N–H and O–H groups in total. The summed E-state index contributed by atoms with van der Waals surface area (Å²) >= 11 is 0. The van der Waals surface area contributed by atoms with E-state index in [1.54, 1.807) is 6.07 Å². The Bertz CT molecular complexity index is 1150. The van der Waals surface area contributed by atoms with E-state index in [9.17, 15) is 9.18 Å². The van der Waals surface area contributed by atoms with E-state index in [2.05, 4.69) is 35.9 Å². The number of carbonyl (C=O) groups excluding carboxylic acids is 1. The Morgan fingerprint density at radius 3 is 1.90 bits per heavy atom. The fourth-order valence-electron chi connectivity index (χ4n) is 4.79. The highest BCUT2D eigenvalue weighted by molar-refractivity contribution is 5.91. The van der Waals surface area contributed by atoms with Gasteiger partial charge in [-0.15, -0.1) is 0 Å². The molecule has 0 bridgehead atoms. The Morgan fingerprint density at radius 1 is 0.707 bits per heavy atom. The minimum atomic E-state index is -0.799. The monoisotopic (exact) mass is 562 g/mol. The van der Waals surface area contributed by atoms with Crippen molar-refractivity contribution in [1.82, 2.24) is 9.97 Å². The molecule has 41 heavy (non-hydrogen) atoms. The summed E-state index contributed by atoms with van der Waals surface area (Å²) < 4.78 is 25.6. The third kappa shape index (κ3) is 12.0. The van der Waals surface area contributed by atoms with Crippen LogP contribution in [0.2, 0.25) is 0 Å². The number of rotatable bonds is 20. The summed E-state index contributed by atoms with van der Waals surface area (Å²) in [5.41, 5.74) is 2.04. The molecule has 222 valence electrons. The smallest absolute Gasteiger partial charge is 0.346 e. The highest BCUT2D eigenvalue weighted by atomic mass is 19.1. The van der Waals surface area contributed by atoms with Gasteiger partial charge in [0.1, 0.15) is 11.6 Å². The molecule has 0 atom stereocenters.